The Morgan fingerprint density at radius 1 is 1.29 bits per heavy atom. The molecule has 0 saturated carbocycles. The topological polar surface area (TPSA) is 93.2 Å². The van der Waals surface area contributed by atoms with Gasteiger partial charge >= 0.3 is 0 Å². The fraction of sp³-hybridized carbons (Fsp3) is 0.625. The van der Waals surface area contributed by atoms with E-state index < -0.39 is 0 Å². The number of fused-ring (bicyclic) bond motifs is 1. The molecule has 3 rings (SSSR count). The van der Waals surface area contributed by atoms with Crippen molar-refractivity contribution >= 4 is 22.8 Å². The highest BCUT2D eigenvalue weighted by atomic mass is 16.2. The van der Waals surface area contributed by atoms with E-state index in [2.05, 4.69) is 20.0 Å². The molecule has 1 atom stereocenters. The Morgan fingerprint density at radius 3 is 2.67 bits per heavy atom. The molecular formula is C16H25N7O. The van der Waals surface area contributed by atoms with Gasteiger partial charge in [0, 0.05) is 45.7 Å². The molecular weight excluding hydrogens is 306 g/mol. The van der Waals surface area contributed by atoms with Gasteiger partial charge in [-0.15, -0.1) is 0 Å². The Labute approximate surface area is 141 Å². The molecule has 2 aromatic heterocycles. The largest absolute Gasteiger partial charge is 0.352 e. The van der Waals surface area contributed by atoms with Crippen LogP contribution in [0.5, 0.6) is 0 Å². The molecule has 1 unspecified atom stereocenters. The molecule has 1 aliphatic rings. The van der Waals surface area contributed by atoms with Gasteiger partial charge in [0.2, 0.25) is 5.91 Å². The lowest BCUT2D eigenvalue weighted by Crippen LogP contribution is -2.49. The summed E-state index contributed by atoms with van der Waals surface area (Å²) in [4.78, 5) is 25.4. The average molecular weight is 331 g/mol. The van der Waals surface area contributed by atoms with Crippen molar-refractivity contribution in [2.45, 2.75) is 32.7 Å². The molecule has 130 valence electrons. The molecule has 1 saturated heterocycles. The van der Waals surface area contributed by atoms with E-state index in [1.165, 1.54) is 0 Å². The summed E-state index contributed by atoms with van der Waals surface area (Å²) in [5, 5.41) is 5.25. The zero-order chi connectivity index (χ0) is 17.3. The van der Waals surface area contributed by atoms with Crippen LogP contribution >= 0.6 is 0 Å². The minimum Gasteiger partial charge on any atom is -0.352 e. The van der Waals surface area contributed by atoms with Crippen LogP contribution in [0.1, 0.15) is 25.6 Å². The maximum Gasteiger partial charge on any atom is 0.222 e. The number of carbonyl (C=O) groups excluding carboxylic acids is 1. The van der Waals surface area contributed by atoms with Gasteiger partial charge in [0.15, 0.2) is 5.65 Å². The predicted octanol–water partition coefficient (Wildman–Crippen LogP) is 0.448. The first kappa shape index (κ1) is 16.6. The number of nitrogens with two attached hydrogens (primary N) is 1. The van der Waals surface area contributed by atoms with Gasteiger partial charge in [-0.25, -0.2) is 9.97 Å². The highest BCUT2D eigenvalue weighted by Gasteiger charge is 2.24. The molecule has 0 bridgehead atoms. The van der Waals surface area contributed by atoms with Crippen molar-refractivity contribution in [3.63, 3.8) is 0 Å². The number of aromatic nitrogens is 4. The molecule has 24 heavy (non-hydrogen) atoms. The number of anilines is 1. The van der Waals surface area contributed by atoms with E-state index in [0.29, 0.717) is 19.5 Å². The van der Waals surface area contributed by atoms with Crippen LogP contribution in [-0.2, 0) is 11.8 Å². The normalized spacial score (nSPS) is 16.7. The highest BCUT2D eigenvalue weighted by Crippen LogP contribution is 2.24. The van der Waals surface area contributed by atoms with E-state index in [-0.39, 0.29) is 11.9 Å². The lowest BCUT2D eigenvalue weighted by atomic mass is 10.1. The fourth-order valence-corrected chi connectivity index (χ4v) is 3.03. The SMILES string of the molecule is Cc1nc(N2CCN(C(=O)CCC(C)N)CC2)c2cnn(C)c2n1. The third-order valence-electron chi connectivity index (χ3n) is 4.43. The van der Waals surface area contributed by atoms with Crippen molar-refractivity contribution in [3.8, 4) is 0 Å². The Morgan fingerprint density at radius 2 is 2.00 bits per heavy atom. The minimum absolute atomic E-state index is 0.0677. The fourth-order valence-electron chi connectivity index (χ4n) is 3.03. The number of hydrogen-bond acceptors (Lipinski definition) is 6. The summed E-state index contributed by atoms with van der Waals surface area (Å²) in [5.74, 6) is 1.84. The third kappa shape index (κ3) is 3.33. The van der Waals surface area contributed by atoms with E-state index in [1.54, 1.807) is 4.68 Å². The smallest absolute Gasteiger partial charge is 0.222 e. The quantitative estimate of drug-likeness (QED) is 0.874. The Balaban J connectivity index is 1.70. The van der Waals surface area contributed by atoms with Crippen molar-refractivity contribution in [2.75, 3.05) is 31.1 Å². The summed E-state index contributed by atoms with van der Waals surface area (Å²) in [7, 11) is 1.88. The van der Waals surface area contributed by atoms with Crippen molar-refractivity contribution in [1.29, 1.82) is 0 Å². The second kappa shape index (κ2) is 6.72. The van der Waals surface area contributed by atoms with Crippen LogP contribution in [0, 0.1) is 6.92 Å². The van der Waals surface area contributed by atoms with E-state index in [4.69, 9.17) is 5.73 Å². The number of aryl methyl sites for hydroxylation is 2. The number of piperazine rings is 1. The van der Waals surface area contributed by atoms with E-state index >= 15 is 0 Å². The Bertz CT molecular complexity index is 731. The monoisotopic (exact) mass is 331 g/mol. The molecule has 3 heterocycles. The van der Waals surface area contributed by atoms with Gasteiger partial charge in [-0.05, 0) is 20.3 Å². The standard InChI is InChI=1S/C16H25N7O/c1-11(17)4-5-14(24)22-6-8-23(9-7-22)16-13-10-18-21(3)15(13)19-12(2)20-16/h10-11H,4-9,17H2,1-3H3. The van der Waals surface area contributed by atoms with Crippen molar-refractivity contribution in [3.05, 3.63) is 12.0 Å². The minimum atomic E-state index is 0.0677. The molecule has 8 heteroatoms. The number of hydrogen-bond donors (Lipinski definition) is 1. The van der Waals surface area contributed by atoms with Crippen LogP contribution in [0.2, 0.25) is 0 Å². The van der Waals surface area contributed by atoms with Crippen molar-refractivity contribution < 1.29 is 4.79 Å². The van der Waals surface area contributed by atoms with Gasteiger partial charge in [0.1, 0.15) is 11.6 Å². The summed E-state index contributed by atoms with van der Waals surface area (Å²) in [6, 6.07) is 0.0677. The number of amides is 1. The molecule has 1 amide bonds. The second-order valence-electron chi connectivity index (χ2n) is 6.48. The van der Waals surface area contributed by atoms with Gasteiger partial charge in [0.25, 0.3) is 0 Å². The van der Waals surface area contributed by atoms with Gasteiger partial charge in [-0.1, -0.05) is 0 Å². The first-order valence-corrected chi connectivity index (χ1v) is 8.40. The maximum atomic E-state index is 12.2. The van der Waals surface area contributed by atoms with Crippen LogP contribution < -0.4 is 10.6 Å². The first-order chi connectivity index (χ1) is 11.5. The third-order valence-corrected chi connectivity index (χ3v) is 4.43. The summed E-state index contributed by atoms with van der Waals surface area (Å²) >= 11 is 0. The van der Waals surface area contributed by atoms with E-state index in [9.17, 15) is 4.79 Å². The van der Waals surface area contributed by atoms with E-state index in [1.807, 2.05) is 32.0 Å². The zero-order valence-corrected chi connectivity index (χ0v) is 14.6. The van der Waals surface area contributed by atoms with Crippen LogP contribution in [0.4, 0.5) is 5.82 Å². The number of nitrogens with zero attached hydrogens (tertiary/aromatic N) is 6. The maximum absolute atomic E-state index is 12.2. The lowest BCUT2D eigenvalue weighted by Gasteiger charge is -2.35. The van der Waals surface area contributed by atoms with Crippen molar-refractivity contribution in [1.82, 2.24) is 24.6 Å². The van der Waals surface area contributed by atoms with Gasteiger partial charge in [-0.3, -0.25) is 9.48 Å². The molecule has 1 fully saturated rings. The van der Waals surface area contributed by atoms with Crippen LogP contribution in [0.15, 0.2) is 6.20 Å². The molecule has 2 N–H and O–H groups in total. The van der Waals surface area contributed by atoms with Crippen LogP contribution in [0.25, 0.3) is 11.0 Å². The first-order valence-electron chi connectivity index (χ1n) is 8.40. The molecule has 0 spiro atoms. The van der Waals surface area contributed by atoms with Gasteiger partial charge < -0.3 is 15.5 Å². The Kier molecular flexibility index (Phi) is 4.66. The van der Waals surface area contributed by atoms with Gasteiger partial charge in [-0.2, -0.15) is 5.10 Å². The molecule has 0 aromatic carbocycles. The number of carbonyl (C=O) groups is 1. The lowest BCUT2D eigenvalue weighted by molar-refractivity contribution is -0.131. The van der Waals surface area contributed by atoms with Gasteiger partial charge in [0.05, 0.1) is 11.6 Å². The number of rotatable bonds is 4. The second-order valence-corrected chi connectivity index (χ2v) is 6.48. The molecule has 8 nitrogen and oxygen atoms in total. The summed E-state index contributed by atoms with van der Waals surface area (Å²) in [5.41, 5.74) is 6.58. The summed E-state index contributed by atoms with van der Waals surface area (Å²) < 4.78 is 1.77. The molecule has 0 aliphatic carbocycles. The predicted molar refractivity (Wildman–Crippen MR) is 92.7 cm³/mol. The van der Waals surface area contributed by atoms with Crippen LogP contribution in [-0.4, -0.2) is 62.8 Å². The summed E-state index contributed by atoms with van der Waals surface area (Å²) in [6.07, 6.45) is 3.07. The molecule has 2 aromatic rings. The molecule has 1 aliphatic heterocycles. The van der Waals surface area contributed by atoms with Crippen LogP contribution in [0.3, 0.4) is 0 Å². The van der Waals surface area contributed by atoms with Crippen molar-refractivity contribution in [2.24, 2.45) is 12.8 Å². The Hall–Kier alpha value is -2.22. The highest BCUT2D eigenvalue weighted by molar-refractivity contribution is 5.87. The average Bonchev–Trinajstić information content (AvgIpc) is 2.93. The summed E-state index contributed by atoms with van der Waals surface area (Å²) in [6.45, 7) is 6.78. The molecule has 0 radical (unpaired) electrons. The van der Waals surface area contributed by atoms with E-state index in [0.717, 1.165) is 42.2 Å². The zero-order valence-electron chi connectivity index (χ0n) is 14.6.